The molecule has 4 N–H and O–H groups in total. The van der Waals surface area contributed by atoms with E-state index in [9.17, 15) is 24.6 Å². The summed E-state index contributed by atoms with van der Waals surface area (Å²) in [5, 5.41) is 25.5. The molecule has 0 saturated heterocycles. The number of methoxy groups -OCH3 is 1. The number of hydrogen-bond donors (Lipinski definition) is 4. The molecule has 0 bridgehead atoms. The normalized spacial score (nSPS) is 12.5. The van der Waals surface area contributed by atoms with Gasteiger partial charge < -0.3 is 35.2 Å². The van der Waals surface area contributed by atoms with Gasteiger partial charge in [0, 0.05) is 18.7 Å². The highest BCUT2D eigenvalue weighted by Crippen LogP contribution is 2.28. The van der Waals surface area contributed by atoms with Gasteiger partial charge in [-0.3, -0.25) is 9.59 Å². The monoisotopic (exact) mass is 619 g/mol. The number of aromatic hydroxyl groups is 2. The fraction of sp³-hybridized carbons (Fsp3) is 0.400. The van der Waals surface area contributed by atoms with Gasteiger partial charge in [-0.15, -0.1) is 0 Å². The number of nitrogens with one attached hydrogen (secondary N) is 2. The molecule has 0 fully saturated rings. The van der Waals surface area contributed by atoms with Gasteiger partial charge in [-0.05, 0) is 86.8 Å². The van der Waals surface area contributed by atoms with Crippen molar-refractivity contribution in [2.45, 2.75) is 77.5 Å². The molecule has 0 aliphatic carbocycles. The molecule has 0 saturated carbocycles. The van der Waals surface area contributed by atoms with E-state index in [4.69, 9.17) is 9.47 Å². The lowest BCUT2D eigenvalue weighted by atomic mass is 9.99. The molecule has 10 heteroatoms. The minimum atomic E-state index is -1.09. The fourth-order valence-corrected chi connectivity index (χ4v) is 4.81. The molecule has 0 aromatic heterocycles. The van der Waals surface area contributed by atoms with Crippen molar-refractivity contribution in [1.82, 2.24) is 10.2 Å². The molecular formula is C35H45N3O7. The Labute approximate surface area is 265 Å². The number of nitrogens with zero attached hydrogens (tertiary/aromatic N) is 1. The van der Waals surface area contributed by atoms with Gasteiger partial charge in [0.2, 0.25) is 5.91 Å². The number of phenolic OH excluding ortho intramolecular Hbond substituents is 2. The first-order valence-electron chi connectivity index (χ1n) is 15.2. The van der Waals surface area contributed by atoms with Crippen LogP contribution in [-0.4, -0.2) is 58.3 Å². The van der Waals surface area contributed by atoms with Crippen molar-refractivity contribution in [2.24, 2.45) is 0 Å². The Balaban J connectivity index is 2.05. The number of benzene rings is 3. The maximum atomic E-state index is 14.6. The van der Waals surface area contributed by atoms with Gasteiger partial charge in [-0.1, -0.05) is 50.5 Å². The molecule has 0 heterocycles. The zero-order valence-corrected chi connectivity index (χ0v) is 26.7. The fourth-order valence-electron chi connectivity index (χ4n) is 4.81. The van der Waals surface area contributed by atoms with Crippen LogP contribution in [0.4, 0.5) is 10.5 Å². The van der Waals surface area contributed by atoms with E-state index < -0.39 is 35.6 Å². The zero-order chi connectivity index (χ0) is 33.0. The Hall–Kier alpha value is -4.73. The second-order valence-corrected chi connectivity index (χ2v) is 11.9. The number of hydrogen-bond acceptors (Lipinski definition) is 7. The van der Waals surface area contributed by atoms with E-state index in [0.29, 0.717) is 29.0 Å². The summed E-state index contributed by atoms with van der Waals surface area (Å²) >= 11 is 0. The Bertz CT molecular complexity index is 1380. The molecule has 0 aliphatic heterocycles. The van der Waals surface area contributed by atoms with E-state index in [1.54, 1.807) is 76.4 Å². The summed E-state index contributed by atoms with van der Waals surface area (Å²) in [6.45, 7) is 7.51. The Kier molecular flexibility index (Phi) is 12.6. The molecule has 242 valence electrons. The minimum absolute atomic E-state index is 0.0192. The predicted molar refractivity (Wildman–Crippen MR) is 173 cm³/mol. The Morgan fingerprint density at radius 3 is 2.00 bits per heavy atom. The number of alkyl carbamates (subject to hydrolysis) is 1. The van der Waals surface area contributed by atoms with E-state index in [2.05, 4.69) is 17.6 Å². The molecule has 3 aromatic carbocycles. The van der Waals surface area contributed by atoms with E-state index >= 15 is 0 Å². The first-order chi connectivity index (χ1) is 21.4. The average Bonchev–Trinajstić information content (AvgIpc) is 2.99. The summed E-state index contributed by atoms with van der Waals surface area (Å²) < 4.78 is 10.7. The van der Waals surface area contributed by atoms with Gasteiger partial charge in [-0.25, -0.2) is 4.79 Å². The number of amides is 3. The van der Waals surface area contributed by atoms with E-state index in [1.807, 2.05) is 0 Å². The standard InChI is InChI=1S/C35H45N3O7/c1-6-7-8-9-22-38(33(42)30(37-34(43)45-35(2,3)4)23-24-10-16-27(39)17-11-24)31(25-12-18-28(40)19-13-25)32(41)36-26-14-20-29(44-5)21-15-26/h10-21,30-31,39-40H,6-9,22-23H2,1-5H3,(H,36,41)(H,37,43). The van der Waals surface area contributed by atoms with Crippen LogP contribution in [0.3, 0.4) is 0 Å². The van der Waals surface area contributed by atoms with Gasteiger partial charge in [-0.2, -0.15) is 0 Å². The first kappa shape index (κ1) is 34.8. The third-order valence-electron chi connectivity index (χ3n) is 7.03. The molecule has 45 heavy (non-hydrogen) atoms. The highest BCUT2D eigenvalue weighted by atomic mass is 16.6. The van der Waals surface area contributed by atoms with Crippen LogP contribution >= 0.6 is 0 Å². The van der Waals surface area contributed by atoms with Crippen molar-refractivity contribution < 1.29 is 34.1 Å². The maximum absolute atomic E-state index is 14.6. The Morgan fingerprint density at radius 1 is 0.844 bits per heavy atom. The number of unbranched alkanes of at least 4 members (excludes halogenated alkanes) is 3. The molecule has 3 amide bonds. The number of carbonyl (C=O) groups excluding carboxylic acids is 3. The Morgan fingerprint density at radius 2 is 1.44 bits per heavy atom. The van der Waals surface area contributed by atoms with E-state index in [1.165, 1.54) is 29.2 Å². The second-order valence-electron chi connectivity index (χ2n) is 11.9. The summed E-state index contributed by atoms with van der Waals surface area (Å²) in [6, 6.07) is 17.2. The van der Waals surface area contributed by atoms with Crippen LogP contribution in [0.1, 0.15) is 70.5 Å². The van der Waals surface area contributed by atoms with Gasteiger partial charge in [0.15, 0.2) is 0 Å². The van der Waals surface area contributed by atoms with Gasteiger partial charge >= 0.3 is 6.09 Å². The highest BCUT2D eigenvalue weighted by Gasteiger charge is 2.36. The lowest BCUT2D eigenvalue weighted by Crippen LogP contribution is -2.53. The third-order valence-corrected chi connectivity index (χ3v) is 7.03. The van der Waals surface area contributed by atoms with E-state index in [-0.39, 0.29) is 24.5 Å². The van der Waals surface area contributed by atoms with Gasteiger partial charge in [0.05, 0.1) is 7.11 Å². The van der Waals surface area contributed by atoms with Crippen molar-refractivity contribution in [3.8, 4) is 17.2 Å². The summed E-state index contributed by atoms with van der Waals surface area (Å²) in [6.07, 6.45) is 2.72. The highest BCUT2D eigenvalue weighted by molar-refractivity contribution is 5.99. The van der Waals surface area contributed by atoms with Crippen molar-refractivity contribution in [3.63, 3.8) is 0 Å². The van der Waals surface area contributed by atoms with E-state index in [0.717, 1.165) is 19.3 Å². The quantitative estimate of drug-likeness (QED) is 0.155. The van der Waals surface area contributed by atoms with Gasteiger partial charge in [0.25, 0.3) is 5.91 Å². The molecule has 3 aromatic rings. The molecule has 0 aliphatic rings. The summed E-state index contributed by atoms with van der Waals surface area (Å²) in [5.74, 6) is -0.225. The average molecular weight is 620 g/mol. The molecule has 0 spiro atoms. The van der Waals surface area contributed by atoms with Crippen molar-refractivity contribution in [3.05, 3.63) is 83.9 Å². The molecule has 2 atom stereocenters. The first-order valence-corrected chi connectivity index (χ1v) is 15.2. The van der Waals surface area contributed by atoms with Crippen molar-refractivity contribution in [1.29, 1.82) is 0 Å². The van der Waals surface area contributed by atoms with Crippen LogP contribution < -0.4 is 15.4 Å². The third kappa shape index (κ3) is 11.0. The van der Waals surface area contributed by atoms with Crippen molar-refractivity contribution >= 4 is 23.6 Å². The van der Waals surface area contributed by atoms with Crippen LogP contribution in [0.5, 0.6) is 17.2 Å². The van der Waals surface area contributed by atoms with Crippen LogP contribution in [0.25, 0.3) is 0 Å². The topological polar surface area (TPSA) is 137 Å². The zero-order valence-electron chi connectivity index (χ0n) is 26.7. The minimum Gasteiger partial charge on any atom is -0.508 e. The maximum Gasteiger partial charge on any atom is 0.408 e. The largest absolute Gasteiger partial charge is 0.508 e. The summed E-state index contributed by atoms with van der Waals surface area (Å²) in [4.78, 5) is 43.1. The second kappa shape index (κ2) is 16.4. The predicted octanol–water partition coefficient (Wildman–Crippen LogP) is 6.33. The van der Waals surface area contributed by atoms with Crippen molar-refractivity contribution in [2.75, 3.05) is 19.0 Å². The number of anilines is 1. The summed E-state index contributed by atoms with van der Waals surface area (Å²) in [7, 11) is 1.55. The summed E-state index contributed by atoms with van der Waals surface area (Å²) in [5.41, 5.74) is 0.888. The molecule has 0 radical (unpaired) electrons. The van der Waals surface area contributed by atoms with Crippen LogP contribution in [0.2, 0.25) is 0 Å². The number of rotatable bonds is 14. The van der Waals surface area contributed by atoms with Gasteiger partial charge in [0.1, 0.15) is 34.9 Å². The number of carbonyl (C=O) groups is 3. The lowest BCUT2D eigenvalue weighted by Gasteiger charge is -2.34. The smallest absolute Gasteiger partial charge is 0.408 e. The molecule has 3 rings (SSSR count). The molecule has 2 unspecified atom stereocenters. The number of phenols is 2. The number of ether oxygens (including phenoxy) is 2. The van der Waals surface area contributed by atoms with Crippen LogP contribution in [-0.2, 0) is 20.7 Å². The lowest BCUT2D eigenvalue weighted by molar-refractivity contribution is -0.140. The SMILES string of the molecule is CCCCCCN(C(=O)C(Cc1ccc(O)cc1)NC(=O)OC(C)(C)C)C(C(=O)Nc1ccc(OC)cc1)c1ccc(O)cc1. The molecule has 10 nitrogen and oxygen atoms in total. The van der Waals surface area contributed by atoms with Crippen LogP contribution in [0, 0.1) is 0 Å². The molecular weight excluding hydrogens is 574 g/mol. The van der Waals surface area contributed by atoms with Crippen LogP contribution in [0.15, 0.2) is 72.8 Å².